The first-order chi connectivity index (χ1) is 28.9. The Morgan fingerprint density at radius 3 is 0.617 bits per heavy atom. The lowest BCUT2D eigenvalue weighted by molar-refractivity contribution is 0.327. The van der Waals surface area contributed by atoms with Crippen molar-refractivity contribution in [3.05, 3.63) is 179 Å². The maximum atomic E-state index is 7.19. The Morgan fingerprint density at radius 1 is 0.267 bits per heavy atom. The molecule has 0 aromatic heterocycles. The molecule has 6 aromatic rings. The Bertz CT molecular complexity index is 2500. The fourth-order valence-corrected chi connectivity index (χ4v) is 18.2. The van der Waals surface area contributed by atoms with Crippen molar-refractivity contribution in [3.63, 3.8) is 0 Å². The summed E-state index contributed by atoms with van der Waals surface area (Å²) in [5.74, 6) is 2.63. The van der Waals surface area contributed by atoms with E-state index in [1.54, 1.807) is 0 Å². The molecule has 1 aliphatic heterocycles. The molecule has 0 bridgehead atoms. The molecule has 0 radical (unpaired) electrons. The molecule has 12 nitrogen and oxygen atoms in total. The number of hydrogen-bond acceptors (Lipinski definition) is 12. The summed E-state index contributed by atoms with van der Waals surface area (Å²) in [6.45, 7) is 11.5. The summed E-state index contributed by atoms with van der Waals surface area (Å²) in [6.07, 6.45) is 0. The standard InChI is InChI=1S/C44H48N4O8P4/c1-33-21-9-15-27-39(33)51-58(52-40-28-16-10-22-34(40)2)45-57(49-7,50-8)46-59(53-41-29-17-11-23-35(41)3,54-42-30-18-12-24-36(42)4)48-60(47-58,55-43-31-19-13-25-37(43)5)56-44-32-20-14-26-38(44)6/h9-32H,1-8H3. The summed E-state index contributed by atoms with van der Waals surface area (Å²) in [5.41, 5.74) is 4.75. The first kappa shape index (κ1) is 43.1. The lowest BCUT2D eigenvalue weighted by atomic mass is 10.2. The highest BCUT2D eigenvalue weighted by molar-refractivity contribution is 7.79. The van der Waals surface area contributed by atoms with E-state index in [9.17, 15) is 0 Å². The summed E-state index contributed by atoms with van der Waals surface area (Å²) < 4.78 is 76.9. The third kappa shape index (κ3) is 9.77. The maximum Gasteiger partial charge on any atom is 0.460 e. The predicted octanol–water partition coefficient (Wildman–Crippen LogP) is 15.4. The van der Waals surface area contributed by atoms with Crippen LogP contribution >= 0.6 is 30.6 Å². The summed E-state index contributed by atoms with van der Waals surface area (Å²) in [7, 11) is -13.8. The van der Waals surface area contributed by atoms with Crippen LogP contribution in [0.15, 0.2) is 164 Å². The monoisotopic (exact) mass is 884 g/mol. The van der Waals surface area contributed by atoms with Crippen molar-refractivity contribution in [3.8, 4) is 34.5 Å². The van der Waals surface area contributed by atoms with Crippen LogP contribution in [0.25, 0.3) is 0 Å². The van der Waals surface area contributed by atoms with E-state index in [0.29, 0.717) is 34.5 Å². The van der Waals surface area contributed by atoms with Gasteiger partial charge in [-0.3, -0.25) is 0 Å². The lowest BCUT2D eigenvalue weighted by Gasteiger charge is -2.33. The van der Waals surface area contributed by atoms with E-state index in [1.807, 2.05) is 187 Å². The van der Waals surface area contributed by atoms with Gasteiger partial charge in [-0.15, -0.1) is 9.03 Å². The molecule has 16 heteroatoms. The Balaban J connectivity index is 1.71. The molecule has 1 heterocycles. The second-order valence-corrected chi connectivity index (χ2v) is 22.4. The topological polar surface area (TPSA) is 123 Å². The smallest absolute Gasteiger partial charge is 0.413 e. The molecule has 0 spiro atoms. The van der Waals surface area contributed by atoms with Crippen LogP contribution in [0.4, 0.5) is 0 Å². The van der Waals surface area contributed by atoms with E-state index in [4.69, 9.17) is 54.3 Å². The van der Waals surface area contributed by atoms with Crippen LogP contribution in [0.2, 0.25) is 0 Å². The van der Waals surface area contributed by atoms with Crippen LogP contribution in [0.5, 0.6) is 34.5 Å². The third-order valence-electron chi connectivity index (χ3n) is 9.25. The molecular weight excluding hydrogens is 836 g/mol. The maximum absolute atomic E-state index is 7.19. The zero-order valence-electron chi connectivity index (χ0n) is 34.7. The van der Waals surface area contributed by atoms with Gasteiger partial charge in [0.05, 0.1) is 0 Å². The second kappa shape index (κ2) is 18.3. The van der Waals surface area contributed by atoms with Crippen molar-refractivity contribution in [2.24, 2.45) is 18.1 Å². The summed E-state index contributed by atoms with van der Waals surface area (Å²) in [4.78, 5) is 0. The summed E-state index contributed by atoms with van der Waals surface area (Å²) in [6, 6.07) is 45.1. The largest absolute Gasteiger partial charge is 0.460 e. The van der Waals surface area contributed by atoms with Gasteiger partial charge in [-0.25, -0.2) is 0 Å². The van der Waals surface area contributed by atoms with Gasteiger partial charge in [-0.1, -0.05) is 118 Å². The minimum Gasteiger partial charge on any atom is -0.413 e. The van der Waals surface area contributed by atoms with Crippen molar-refractivity contribution in [2.45, 2.75) is 41.5 Å². The van der Waals surface area contributed by atoms with Crippen LogP contribution in [0, 0.1) is 41.5 Å². The van der Waals surface area contributed by atoms with E-state index in [0.717, 1.165) is 33.4 Å². The molecule has 0 aliphatic carbocycles. The zero-order valence-corrected chi connectivity index (χ0v) is 38.3. The van der Waals surface area contributed by atoms with Crippen molar-refractivity contribution in [2.75, 3.05) is 14.2 Å². The first-order valence-electron chi connectivity index (χ1n) is 19.1. The minimum absolute atomic E-state index is 0.432. The van der Waals surface area contributed by atoms with Crippen molar-refractivity contribution in [1.82, 2.24) is 0 Å². The number of aryl methyl sites for hydroxylation is 6. The molecule has 312 valence electrons. The molecule has 6 aromatic carbocycles. The zero-order chi connectivity index (χ0) is 42.4. The molecule has 60 heavy (non-hydrogen) atoms. The summed E-state index contributed by atoms with van der Waals surface area (Å²) in [5, 5.41) is 0. The van der Waals surface area contributed by atoms with Crippen molar-refractivity contribution in [1.29, 1.82) is 0 Å². The van der Waals surface area contributed by atoms with Crippen LogP contribution in [0.1, 0.15) is 33.4 Å². The number of para-hydroxylation sites is 6. The van der Waals surface area contributed by atoms with Gasteiger partial charge in [-0.05, 0) is 111 Å². The molecular formula is C44H48N4O8P4. The van der Waals surface area contributed by atoms with Gasteiger partial charge in [0, 0.05) is 14.2 Å². The van der Waals surface area contributed by atoms with Gasteiger partial charge in [-0.2, -0.15) is 0 Å². The average molecular weight is 885 g/mol. The normalized spacial score (nSPS) is 15.9. The minimum atomic E-state index is -4.32. The third-order valence-corrected chi connectivity index (χ3v) is 20.0. The molecule has 0 atom stereocenters. The average Bonchev–Trinajstić information content (AvgIpc) is 3.22. The highest BCUT2D eigenvalue weighted by Gasteiger charge is 2.48. The van der Waals surface area contributed by atoms with Gasteiger partial charge < -0.3 is 36.2 Å². The second-order valence-electron chi connectivity index (χ2n) is 13.8. The quantitative estimate of drug-likeness (QED) is 0.0991. The Morgan fingerprint density at radius 2 is 0.433 bits per heavy atom. The fraction of sp³-hybridized carbons (Fsp3) is 0.182. The molecule has 7 rings (SSSR count). The van der Waals surface area contributed by atoms with E-state index in [-0.39, 0.29) is 0 Å². The van der Waals surface area contributed by atoms with Crippen molar-refractivity contribution < 1.29 is 36.2 Å². The van der Waals surface area contributed by atoms with Gasteiger partial charge in [0.15, 0.2) is 0 Å². The van der Waals surface area contributed by atoms with Crippen LogP contribution in [-0.4, -0.2) is 14.2 Å². The van der Waals surface area contributed by atoms with E-state index in [1.165, 1.54) is 14.2 Å². The van der Waals surface area contributed by atoms with Crippen molar-refractivity contribution >= 4 is 30.6 Å². The Labute approximate surface area is 352 Å². The molecule has 0 unspecified atom stereocenters. The van der Waals surface area contributed by atoms with E-state index >= 15 is 0 Å². The van der Waals surface area contributed by atoms with Gasteiger partial charge in [0.25, 0.3) is 0 Å². The number of rotatable bonds is 14. The molecule has 0 N–H and O–H groups in total. The predicted molar refractivity (Wildman–Crippen MR) is 242 cm³/mol. The van der Waals surface area contributed by atoms with Gasteiger partial charge in [0.2, 0.25) is 0 Å². The molecule has 0 amide bonds. The van der Waals surface area contributed by atoms with Crippen LogP contribution < -0.4 is 27.1 Å². The highest BCUT2D eigenvalue weighted by atomic mass is 31.3. The molecule has 0 saturated heterocycles. The molecule has 0 fully saturated rings. The number of nitrogens with zero attached hydrogens (tertiary/aromatic N) is 4. The lowest BCUT2D eigenvalue weighted by Crippen LogP contribution is -2.10. The van der Waals surface area contributed by atoms with E-state index < -0.39 is 30.6 Å². The molecule has 1 aliphatic rings. The summed E-state index contributed by atoms with van der Waals surface area (Å²) >= 11 is 0. The highest BCUT2D eigenvalue weighted by Crippen LogP contribution is 2.79. The van der Waals surface area contributed by atoms with Gasteiger partial charge >= 0.3 is 30.6 Å². The fourth-order valence-electron chi connectivity index (χ4n) is 5.86. The number of hydrogen-bond donors (Lipinski definition) is 0. The SMILES string of the molecule is COP1(OC)=NP(Oc2ccccc2C)(Oc2ccccc2C)=NP(Oc2ccccc2C)(Oc2ccccc2C)=NP(Oc2ccccc2C)(Oc2ccccc2C)=N1. The Hall–Kier alpha value is -5.04. The van der Waals surface area contributed by atoms with E-state index in [2.05, 4.69) is 0 Å². The number of benzene rings is 6. The van der Waals surface area contributed by atoms with Crippen LogP contribution in [-0.2, 0) is 9.05 Å². The van der Waals surface area contributed by atoms with Crippen LogP contribution in [0.3, 0.4) is 0 Å². The van der Waals surface area contributed by atoms with Gasteiger partial charge in [0.1, 0.15) is 34.5 Å². The first-order valence-corrected chi connectivity index (χ1v) is 25.2. The Kier molecular flexibility index (Phi) is 13.1. The molecule has 0 saturated carbocycles.